The molecule has 2 unspecified atom stereocenters. The normalized spacial score (nSPS) is 19.7. The van der Waals surface area contributed by atoms with Gasteiger partial charge in [-0.25, -0.2) is 0 Å². The smallest absolute Gasteiger partial charge is 0.233 e. The number of carbonyl (C=O) groups is 1. The maximum atomic E-state index is 11.4. The molecule has 4 nitrogen and oxygen atoms in total. The van der Waals surface area contributed by atoms with E-state index in [0.717, 1.165) is 12.5 Å². The molecule has 0 saturated heterocycles. The van der Waals surface area contributed by atoms with Gasteiger partial charge in [-0.1, -0.05) is 0 Å². The van der Waals surface area contributed by atoms with E-state index < -0.39 is 0 Å². The lowest BCUT2D eigenvalue weighted by molar-refractivity contribution is -0.120. The summed E-state index contributed by atoms with van der Waals surface area (Å²) in [6, 6.07) is 0.196. The monoisotopic (exact) mass is 214 g/mol. The lowest BCUT2D eigenvalue weighted by Crippen LogP contribution is -2.43. The molecule has 1 aliphatic rings. The number of rotatable bonds is 7. The van der Waals surface area contributed by atoms with Gasteiger partial charge in [0.15, 0.2) is 0 Å². The maximum Gasteiger partial charge on any atom is 0.233 e. The van der Waals surface area contributed by atoms with Crippen molar-refractivity contribution in [1.82, 2.24) is 10.6 Å². The summed E-state index contributed by atoms with van der Waals surface area (Å²) >= 11 is 0. The number of carbonyl (C=O) groups excluding carboxylic acids is 1. The third-order valence-corrected chi connectivity index (χ3v) is 2.95. The van der Waals surface area contributed by atoms with E-state index in [1.165, 1.54) is 12.8 Å². The first-order valence-corrected chi connectivity index (χ1v) is 5.66. The second kappa shape index (κ2) is 6.08. The van der Waals surface area contributed by atoms with E-state index in [1.54, 1.807) is 7.11 Å². The molecule has 0 aromatic rings. The molecule has 1 saturated carbocycles. The average molecular weight is 214 g/mol. The highest BCUT2D eigenvalue weighted by molar-refractivity contribution is 5.78. The van der Waals surface area contributed by atoms with Gasteiger partial charge < -0.3 is 15.4 Å². The quantitative estimate of drug-likeness (QED) is 0.650. The summed E-state index contributed by atoms with van der Waals surface area (Å²) in [6.07, 6.45) is 2.66. The molecule has 0 spiro atoms. The lowest BCUT2D eigenvalue weighted by Gasteiger charge is -2.19. The van der Waals surface area contributed by atoms with Crippen LogP contribution in [0.2, 0.25) is 0 Å². The Hall–Kier alpha value is -0.610. The van der Waals surface area contributed by atoms with Crippen LogP contribution in [0.3, 0.4) is 0 Å². The average Bonchev–Trinajstić information content (AvgIpc) is 3.05. The molecule has 1 amide bonds. The van der Waals surface area contributed by atoms with E-state index in [9.17, 15) is 4.79 Å². The van der Waals surface area contributed by atoms with Crippen LogP contribution < -0.4 is 10.6 Å². The molecule has 1 fully saturated rings. The van der Waals surface area contributed by atoms with Crippen molar-refractivity contribution in [3.8, 4) is 0 Å². The molecule has 0 radical (unpaired) electrons. The Morgan fingerprint density at radius 1 is 1.47 bits per heavy atom. The van der Waals surface area contributed by atoms with Crippen molar-refractivity contribution in [3.05, 3.63) is 0 Å². The Morgan fingerprint density at radius 2 is 2.13 bits per heavy atom. The summed E-state index contributed by atoms with van der Waals surface area (Å²) in [6.45, 7) is 5.22. The molecule has 0 aromatic carbocycles. The Morgan fingerprint density at radius 3 is 2.67 bits per heavy atom. The van der Waals surface area contributed by atoms with E-state index in [0.29, 0.717) is 6.54 Å². The van der Waals surface area contributed by atoms with Gasteiger partial charge in [-0.3, -0.25) is 4.79 Å². The molecule has 0 aromatic heterocycles. The standard InChI is InChI=1S/C11H22N2O2/c1-8(9(2)15-3)12-7-11(14)13-6-10-4-5-10/h8-10,12H,4-7H2,1-3H3,(H,13,14). The molecule has 1 rings (SSSR count). The molecular formula is C11H22N2O2. The molecule has 0 heterocycles. The highest BCUT2D eigenvalue weighted by atomic mass is 16.5. The van der Waals surface area contributed by atoms with Gasteiger partial charge in [0.1, 0.15) is 0 Å². The van der Waals surface area contributed by atoms with Crippen LogP contribution in [0.4, 0.5) is 0 Å². The first-order chi connectivity index (χ1) is 7.13. The van der Waals surface area contributed by atoms with Crippen molar-refractivity contribution in [2.75, 3.05) is 20.2 Å². The minimum absolute atomic E-state index is 0.0806. The Labute approximate surface area is 91.8 Å². The first kappa shape index (κ1) is 12.5. The third-order valence-electron chi connectivity index (χ3n) is 2.95. The molecule has 1 aliphatic carbocycles. The van der Waals surface area contributed by atoms with Crippen LogP contribution in [-0.2, 0) is 9.53 Å². The lowest BCUT2D eigenvalue weighted by atomic mass is 10.2. The number of hydrogen-bond acceptors (Lipinski definition) is 3. The zero-order valence-electron chi connectivity index (χ0n) is 9.88. The summed E-state index contributed by atoms with van der Waals surface area (Å²) in [5, 5.41) is 6.05. The predicted molar refractivity (Wildman–Crippen MR) is 59.7 cm³/mol. The fourth-order valence-electron chi connectivity index (χ4n) is 1.27. The van der Waals surface area contributed by atoms with E-state index in [4.69, 9.17) is 4.74 Å². The van der Waals surface area contributed by atoms with Crippen molar-refractivity contribution in [1.29, 1.82) is 0 Å². The van der Waals surface area contributed by atoms with Gasteiger partial charge in [0, 0.05) is 19.7 Å². The van der Waals surface area contributed by atoms with Crippen molar-refractivity contribution in [3.63, 3.8) is 0 Å². The predicted octanol–water partition coefficient (Wildman–Crippen LogP) is 0.526. The highest BCUT2D eigenvalue weighted by Crippen LogP contribution is 2.27. The molecule has 2 N–H and O–H groups in total. The highest BCUT2D eigenvalue weighted by Gasteiger charge is 2.21. The number of nitrogens with one attached hydrogen (secondary N) is 2. The summed E-state index contributed by atoms with van der Waals surface area (Å²) in [5.41, 5.74) is 0. The summed E-state index contributed by atoms with van der Waals surface area (Å²) in [5.74, 6) is 0.821. The van der Waals surface area contributed by atoms with Gasteiger partial charge in [0.25, 0.3) is 0 Å². The molecular weight excluding hydrogens is 192 g/mol. The van der Waals surface area contributed by atoms with E-state index >= 15 is 0 Å². The van der Waals surface area contributed by atoms with Crippen molar-refractivity contribution < 1.29 is 9.53 Å². The first-order valence-electron chi connectivity index (χ1n) is 5.66. The second-order valence-electron chi connectivity index (χ2n) is 4.36. The zero-order valence-corrected chi connectivity index (χ0v) is 9.88. The minimum atomic E-state index is 0.0806. The van der Waals surface area contributed by atoms with E-state index in [1.807, 2.05) is 13.8 Å². The third kappa shape index (κ3) is 5.14. The molecule has 0 bridgehead atoms. The largest absolute Gasteiger partial charge is 0.380 e. The Bertz CT molecular complexity index is 205. The molecule has 2 atom stereocenters. The molecule has 0 aliphatic heterocycles. The van der Waals surface area contributed by atoms with Crippen LogP contribution in [0, 0.1) is 5.92 Å². The van der Waals surface area contributed by atoms with E-state index in [2.05, 4.69) is 10.6 Å². The van der Waals surface area contributed by atoms with Crippen molar-refractivity contribution >= 4 is 5.91 Å². The molecule has 15 heavy (non-hydrogen) atoms. The van der Waals surface area contributed by atoms with Crippen LogP contribution in [-0.4, -0.2) is 38.3 Å². The van der Waals surface area contributed by atoms with Gasteiger partial charge in [-0.2, -0.15) is 0 Å². The number of ether oxygens (including phenoxy) is 1. The number of methoxy groups -OCH3 is 1. The summed E-state index contributed by atoms with van der Waals surface area (Å²) < 4.78 is 5.16. The fraction of sp³-hybridized carbons (Fsp3) is 0.909. The summed E-state index contributed by atoms with van der Waals surface area (Å²) in [7, 11) is 1.68. The van der Waals surface area contributed by atoms with Crippen LogP contribution in [0.5, 0.6) is 0 Å². The molecule has 88 valence electrons. The number of hydrogen-bond donors (Lipinski definition) is 2. The van der Waals surface area contributed by atoms with Gasteiger partial charge in [-0.15, -0.1) is 0 Å². The van der Waals surface area contributed by atoms with Crippen molar-refractivity contribution in [2.24, 2.45) is 5.92 Å². The fourth-order valence-corrected chi connectivity index (χ4v) is 1.27. The Kier molecular flexibility index (Phi) is 5.05. The van der Waals surface area contributed by atoms with Crippen LogP contribution in [0.15, 0.2) is 0 Å². The zero-order chi connectivity index (χ0) is 11.3. The SMILES string of the molecule is COC(C)C(C)NCC(=O)NCC1CC1. The Balaban J connectivity index is 2.03. The van der Waals surface area contributed by atoms with Crippen molar-refractivity contribution in [2.45, 2.75) is 38.8 Å². The second-order valence-corrected chi connectivity index (χ2v) is 4.36. The van der Waals surface area contributed by atoms with Gasteiger partial charge in [0.05, 0.1) is 12.6 Å². The van der Waals surface area contributed by atoms with E-state index in [-0.39, 0.29) is 18.1 Å². The minimum Gasteiger partial charge on any atom is -0.380 e. The van der Waals surface area contributed by atoms with Gasteiger partial charge in [-0.05, 0) is 32.6 Å². The topological polar surface area (TPSA) is 50.4 Å². The van der Waals surface area contributed by atoms with Gasteiger partial charge in [0.2, 0.25) is 5.91 Å². The van der Waals surface area contributed by atoms with Crippen LogP contribution in [0.25, 0.3) is 0 Å². The maximum absolute atomic E-state index is 11.4. The number of amides is 1. The molecule has 4 heteroatoms. The van der Waals surface area contributed by atoms with Gasteiger partial charge >= 0.3 is 0 Å². The van der Waals surface area contributed by atoms with Crippen LogP contribution >= 0.6 is 0 Å². The van der Waals surface area contributed by atoms with Crippen LogP contribution in [0.1, 0.15) is 26.7 Å². The summed E-state index contributed by atoms with van der Waals surface area (Å²) in [4.78, 5) is 11.4.